The summed E-state index contributed by atoms with van der Waals surface area (Å²) in [5, 5.41) is 0.618. The molecule has 0 unspecified atom stereocenters. The number of hydrogen-bond acceptors (Lipinski definition) is 6. The van der Waals surface area contributed by atoms with Crippen molar-refractivity contribution in [2.24, 2.45) is 0 Å². The van der Waals surface area contributed by atoms with Crippen LogP contribution in [0.15, 0.2) is 59.8 Å². The molecule has 0 saturated heterocycles. The molecule has 36 heavy (non-hydrogen) atoms. The molecule has 4 aromatic rings. The quantitative estimate of drug-likeness (QED) is 0.194. The average molecular weight is 537 g/mol. The van der Waals surface area contributed by atoms with E-state index in [-0.39, 0.29) is 5.69 Å². The first-order valence-corrected chi connectivity index (χ1v) is 13.2. The number of halogens is 4. The molecule has 2 heterocycles. The number of hydrogen-bond donors (Lipinski definition) is 0. The van der Waals surface area contributed by atoms with Crippen LogP contribution in [0.5, 0.6) is 0 Å². The number of ether oxygens (including phenoxy) is 1. The van der Waals surface area contributed by atoms with E-state index in [1.807, 2.05) is 0 Å². The molecule has 0 aliphatic carbocycles. The molecule has 0 spiro atoms. The van der Waals surface area contributed by atoms with E-state index in [0.717, 1.165) is 18.2 Å². The fraction of sp³-hybridized carbons (Fsp3) is 0.200. The van der Waals surface area contributed by atoms with Gasteiger partial charge in [-0.15, -0.1) is 11.3 Å². The van der Waals surface area contributed by atoms with Crippen LogP contribution in [0.2, 0.25) is 0 Å². The van der Waals surface area contributed by atoms with E-state index in [9.17, 15) is 17.2 Å². The van der Waals surface area contributed by atoms with Gasteiger partial charge in [-0.25, -0.2) is 31.0 Å². The number of sulfone groups is 1. The van der Waals surface area contributed by atoms with Gasteiger partial charge in [0.2, 0.25) is 0 Å². The van der Waals surface area contributed by atoms with E-state index in [1.165, 1.54) is 23.7 Å². The van der Waals surface area contributed by atoms with Gasteiger partial charge in [-0.3, -0.25) is 4.98 Å². The highest BCUT2D eigenvalue weighted by Gasteiger charge is 2.27. The largest absolute Gasteiger partial charge is 0.385 e. The summed E-state index contributed by atoms with van der Waals surface area (Å²) in [6.45, 7) is 0.478. The van der Waals surface area contributed by atoms with E-state index in [4.69, 9.17) is 4.74 Å². The van der Waals surface area contributed by atoms with Gasteiger partial charge in [0.25, 0.3) is 0 Å². The van der Waals surface area contributed by atoms with Crippen LogP contribution in [0.1, 0.15) is 17.0 Å². The molecule has 0 aliphatic heterocycles. The summed E-state index contributed by atoms with van der Waals surface area (Å²) in [5.74, 6) is -5.20. The van der Waals surface area contributed by atoms with Gasteiger partial charge < -0.3 is 4.74 Å². The lowest BCUT2D eigenvalue weighted by atomic mass is 10.0. The van der Waals surface area contributed by atoms with Crippen molar-refractivity contribution in [3.05, 3.63) is 88.7 Å². The summed E-state index contributed by atoms with van der Waals surface area (Å²) in [7, 11) is -2.93. The van der Waals surface area contributed by atoms with E-state index >= 15 is 8.78 Å². The van der Waals surface area contributed by atoms with Crippen molar-refractivity contribution >= 4 is 21.2 Å². The Morgan fingerprint density at radius 1 is 0.972 bits per heavy atom. The van der Waals surface area contributed by atoms with E-state index < -0.39 is 54.9 Å². The first-order valence-electron chi connectivity index (χ1n) is 10.8. The van der Waals surface area contributed by atoms with Gasteiger partial charge in [0.05, 0.1) is 26.9 Å². The Bertz CT molecular complexity index is 1490. The molecule has 2 aromatic heterocycles. The molecule has 11 heteroatoms. The second-order valence-electron chi connectivity index (χ2n) is 7.85. The maximum atomic E-state index is 15.7. The summed E-state index contributed by atoms with van der Waals surface area (Å²) in [6.07, 6.45) is 4.22. The van der Waals surface area contributed by atoms with Crippen LogP contribution in [0.3, 0.4) is 0 Å². The lowest BCUT2D eigenvalue weighted by Crippen LogP contribution is -2.10. The normalized spacial score (nSPS) is 11.7. The average Bonchev–Trinajstić information content (AvgIpc) is 3.27. The molecule has 0 amide bonds. The molecular weight excluding hydrogens is 516 g/mol. The standard InChI is InChI=1S/C25H20F4N2O3S2/c1-34-12-2-3-21-31-24(25(35-21)15-8-10-30-11-9-15)22-19(28)6-4-16(23(22)29)14-36(32,33)20-13-17(26)5-7-18(20)27/h4-11,13H,2-3,12,14H2,1H3. The fourth-order valence-corrected chi connectivity index (χ4v) is 6.19. The summed E-state index contributed by atoms with van der Waals surface area (Å²) in [5.41, 5.74) is -0.243. The highest BCUT2D eigenvalue weighted by Crippen LogP contribution is 2.40. The van der Waals surface area contributed by atoms with E-state index in [0.29, 0.717) is 47.0 Å². The molecular formula is C25H20F4N2O3S2. The van der Waals surface area contributed by atoms with Gasteiger partial charge in [-0.1, -0.05) is 6.07 Å². The van der Waals surface area contributed by atoms with Crippen LogP contribution in [-0.4, -0.2) is 32.1 Å². The Kier molecular flexibility index (Phi) is 7.82. The highest BCUT2D eigenvalue weighted by molar-refractivity contribution is 7.90. The van der Waals surface area contributed by atoms with Crippen molar-refractivity contribution in [1.29, 1.82) is 0 Å². The zero-order valence-corrected chi connectivity index (χ0v) is 20.6. The molecule has 188 valence electrons. The first-order chi connectivity index (χ1) is 17.2. The van der Waals surface area contributed by atoms with Crippen LogP contribution in [0.4, 0.5) is 17.6 Å². The number of aromatic nitrogens is 2. The van der Waals surface area contributed by atoms with Crippen molar-refractivity contribution < 1.29 is 30.7 Å². The number of methoxy groups -OCH3 is 1. The maximum Gasteiger partial charge on any atom is 0.185 e. The number of nitrogens with zero attached hydrogens (tertiary/aromatic N) is 2. The SMILES string of the molecule is COCCCc1nc(-c2c(F)ccc(CS(=O)(=O)c3cc(F)ccc3F)c2F)c(-c2ccncc2)s1. The number of rotatable bonds is 9. The maximum absolute atomic E-state index is 15.7. The Balaban J connectivity index is 1.81. The van der Waals surface area contributed by atoms with Crippen molar-refractivity contribution in [1.82, 2.24) is 9.97 Å². The molecule has 0 bridgehead atoms. The minimum absolute atomic E-state index is 0.0183. The molecule has 0 fully saturated rings. The molecule has 0 radical (unpaired) electrons. The van der Waals surface area contributed by atoms with Gasteiger partial charge in [0.15, 0.2) is 9.84 Å². The van der Waals surface area contributed by atoms with Crippen molar-refractivity contribution in [2.75, 3.05) is 13.7 Å². The predicted octanol–water partition coefficient (Wildman–Crippen LogP) is 5.98. The lowest BCUT2D eigenvalue weighted by Gasteiger charge is -2.11. The monoisotopic (exact) mass is 536 g/mol. The molecule has 0 N–H and O–H groups in total. The summed E-state index contributed by atoms with van der Waals surface area (Å²) >= 11 is 1.26. The highest BCUT2D eigenvalue weighted by atomic mass is 32.2. The number of benzene rings is 2. The Labute approximate surface area is 209 Å². The van der Waals surface area contributed by atoms with Crippen LogP contribution < -0.4 is 0 Å². The second-order valence-corrected chi connectivity index (χ2v) is 10.9. The predicted molar refractivity (Wildman–Crippen MR) is 128 cm³/mol. The van der Waals surface area contributed by atoms with Gasteiger partial charge in [-0.05, 0) is 48.4 Å². The van der Waals surface area contributed by atoms with E-state index in [1.54, 1.807) is 19.2 Å². The number of thiazole rings is 1. The molecule has 5 nitrogen and oxygen atoms in total. The smallest absolute Gasteiger partial charge is 0.185 e. The Morgan fingerprint density at radius 2 is 1.69 bits per heavy atom. The Morgan fingerprint density at radius 3 is 2.42 bits per heavy atom. The summed E-state index contributed by atoms with van der Waals surface area (Å²) < 4.78 is 89.1. The van der Waals surface area contributed by atoms with Crippen molar-refractivity contribution in [3.63, 3.8) is 0 Å². The molecule has 0 atom stereocenters. The fourth-order valence-electron chi connectivity index (χ4n) is 3.63. The zero-order valence-electron chi connectivity index (χ0n) is 19.0. The minimum atomic E-state index is -4.49. The van der Waals surface area contributed by atoms with Crippen LogP contribution >= 0.6 is 11.3 Å². The first kappa shape index (κ1) is 25.9. The van der Waals surface area contributed by atoms with Crippen molar-refractivity contribution in [3.8, 4) is 21.7 Å². The molecule has 2 aromatic carbocycles. The van der Waals surface area contributed by atoms with Gasteiger partial charge >= 0.3 is 0 Å². The summed E-state index contributed by atoms with van der Waals surface area (Å²) in [4.78, 5) is 8.02. The third-order valence-corrected chi connectivity index (χ3v) is 8.17. The van der Waals surface area contributed by atoms with Crippen LogP contribution in [-0.2, 0) is 26.7 Å². The van der Waals surface area contributed by atoms with Gasteiger partial charge in [0.1, 0.15) is 28.2 Å². The Hall–Kier alpha value is -3.15. The summed E-state index contributed by atoms with van der Waals surface area (Å²) in [6, 6.07) is 7.24. The van der Waals surface area contributed by atoms with E-state index in [2.05, 4.69) is 9.97 Å². The van der Waals surface area contributed by atoms with Crippen LogP contribution in [0.25, 0.3) is 21.7 Å². The third-order valence-electron chi connectivity index (χ3n) is 5.33. The van der Waals surface area contributed by atoms with Crippen molar-refractivity contribution in [2.45, 2.75) is 23.5 Å². The molecule has 4 rings (SSSR count). The number of pyridine rings is 1. The molecule has 0 saturated carbocycles. The minimum Gasteiger partial charge on any atom is -0.385 e. The molecule has 0 aliphatic rings. The van der Waals surface area contributed by atoms with Crippen LogP contribution in [0, 0.1) is 23.3 Å². The van der Waals surface area contributed by atoms with Gasteiger partial charge in [0, 0.05) is 38.1 Å². The lowest BCUT2D eigenvalue weighted by molar-refractivity contribution is 0.195. The number of aryl methyl sites for hydroxylation is 1. The third kappa shape index (κ3) is 5.48. The van der Waals surface area contributed by atoms with Gasteiger partial charge in [-0.2, -0.15) is 0 Å². The topological polar surface area (TPSA) is 69.2 Å². The zero-order chi connectivity index (χ0) is 25.9. The second kappa shape index (κ2) is 10.9.